The lowest BCUT2D eigenvalue weighted by Crippen LogP contribution is -1.84. The average Bonchev–Trinajstić information content (AvgIpc) is 2.18. The van der Waals surface area contributed by atoms with Gasteiger partial charge in [0.2, 0.25) is 0 Å². The SMILES string of the molecule is Cc1cncc(-c2cncc(C)c2)c1.Cl.Cl. The van der Waals surface area contributed by atoms with E-state index in [0.717, 1.165) is 11.1 Å². The highest BCUT2D eigenvalue weighted by molar-refractivity contribution is 5.85. The van der Waals surface area contributed by atoms with Crippen LogP contribution in [0, 0.1) is 13.8 Å². The Kier molecular flexibility index (Phi) is 6.01. The van der Waals surface area contributed by atoms with E-state index in [2.05, 4.69) is 22.1 Å². The maximum absolute atomic E-state index is 4.16. The quantitative estimate of drug-likeness (QED) is 0.780. The molecule has 2 heterocycles. The Bertz CT molecular complexity index is 415. The van der Waals surface area contributed by atoms with Gasteiger partial charge < -0.3 is 0 Å². The minimum atomic E-state index is 0. The van der Waals surface area contributed by atoms with Crippen molar-refractivity contribution in [2.24, 2.45) is 0 Å². The van der Waals surface area contributed by atoms with Gasteiger partial charge in [-0.2, -0.15) is 0 Å². The van der Waals surface area contributed by atoms with Gasteiger partial charge in [-0.25, -0.2) is 0 Å². The van der Waals surface area contributed by atoms with Crippen LogP contribution in [0.15, 0.2) is 36.9 Å². The van der Waals surface area contributed by atoms with Gasteiger partial charge >= 0.3 is 0 Å². The van der Waals surface area contributed by atoms with Gasteiger partial charge in [-0.15, -0.1) is 24.8 Å². The Hall–Kier alpha value is -1.12. The minimum absolute atomic E-state index is 0. The number of rotatable bonds is 1. The van der Waals surface area contributed by atoms with Gasteiger partial charge in [0.15, 0.2) is 0 Å². The van der Waals surface area contributed by atoms with E-state index in [-0.39, 0.29) is 24.8 Å². The number of hydrogen-bond acceptors (Lipinski definition) is 2. The average molecular weight is 257 g/mol. The van der Waals surface area contributed by atoms with Gasteiger partial charge in [-0.05, 0) is 37.1 Å². The van der Waals surface area contributed by atoms with Gasteiger partial charge in [0.25, 0.3) is 0 Å². The Balaban J connectivity index is 0.00000112. The number of halogens is 2. The van der Waals surface area contributed by atoms with E-state index in [1.807, 2.05) is 38.6 Å². The van der Waals surface area contributed by atoms with Crippen molar-refractivity contribution in [3.8, 4) is 11.1 Å². The summed E-state index contributed by atoms with van der Waals surface area (Å²) >= 11 is 0. The summed E-state index contributed by atoms with van der Waals surface area (Å²) in [5.41, 5.74) is 4.59. The molecule has 2 aromatic rings. The molecular formula is C12H14Cl2N2. The van der Waals surface area contributed by atoms with Gasteiger partial charge in [0, 0.05) is 35.9 Å². The number of aromatic nitrogens is 2. The highest BCUT2D eigenvalue weighted by atomic mass is 35.5. The van der Waals surface area contributed by atoms with Gasteiger partial charge in [-0.1, -0.05) is 0 Å². The molecule has 0 spiro atoms. The Morgan fingerprint density at radius 2 is 1.06 bits per heavy atom. The third-order valence-corrected chi connectivity index (χ3v) is 2.08. The fourth-order valence-electron chi connectivity index (χ4n) is 1.43. The molecule has 0 saturated heterocycles. The topological polar surface area (TPSA) is 25.8 Å². The minimum Gasteiger partial charge on any atom is -0.264 e. The first-order chi connectivity index (χ1) is 6.75. The van der Waals surface area contributed by atoms with Gasteiger partial charge in [-0.3, -0.25) is 9.97 Å². The van der Waals surface area contributed by atoms with Crippen LogP contribution in [0.25, 0.3) is 11.1 Å². The zero-order chi connectivity index (χ0) is 9.97. The van der Waals surface area contributed by atoms with E-state index in [9.17, 15) is 0 Å². The number of hydrogen-bond donors (Lipinski definition) is 0. The molecule has 86 valence electrons. The number of aryl methyl sites for hydroxylation is 2. The fraction of sp³-hybridized carbons (Fsp3) is 0.167. The molecule has 0 bridgehead atoms. The zero-order valence-corrected chi connectivity index (χ0v) is 10.8. The predicted octanol–water partition coefficient (Wildman–Crippen LogP) is 3.60. The highest BCUT2D eigenvalue weighted by Crippen LogP contribution is 2.18. The molecule has 2 rings (SSSR count). The zero-order valence-electron chi connectivity index (χ0n) is 9.18. The van der Waals surface area contributed by atoms with Crippen molar-refractivity contribution in [1.82, 2.24) is 9.97 Å². The standard InChI is InChI=1S/C12H12N2.2ClH/c1-9-3-11(7-13-5-9)12-4-10(2)6-14-8-12;;/h3-8H,1-2H3;2*1H. The molecular weight excluding hydrogens is 243 g/mol. The predicted molar refractivity (Wildman–Crippen MR) is 71.4 cm³/mol. The largest absolute Gasteiger partial charge is 0.264 e. The molecule has 0 aliphatic carbocycles. The van der Waals surface area contributed by atoms with E-state index in [1.165, 1.54) is 11.1 Å². The number of nitrogens with zero attached hydrogens (tertiary/aromatic N) is 2. The Morgan fingerprint density at radius 3 is 1.38 bits per heavy atom. The smallest absolute Gasteiger partial charge is 0.0347 e. The van der Waals surface area contributed by atoms with Crippen LogP contribution in [0.2, 0.25) is 0 Å². The molecule has 2 nitrogen and oxygen atoms in total. The molecule has 0 aliphatic heterocycles. The number of pyridine rings is 2. The van der Waals surface area contributed by atoms with Crippen molar-refractivity contribution in [3.63, 3.8) is 0 Å². The Labute approximate surface area is 108 Å². The molecule has 0 radical (unpaired) electrons. The van der Waals surface area contributed by atoms with Gasteiger partial charge in [0.05, 0.1) is 0 Å². The first kappa shape index (κ1) is 14.9. The molecule has 0 fully saturated rings. The normalized spacial score (nSPS) is 8.88. The lowest BCUT2D eigenvalue weighted by molar-refractivity contribution is 1.24. The summed E-state index contributed by atoms with van der Waals surface area (Å²) in [6.45, 7) is 4.08. The maximum Gasteiger partial charge on any atom is 0.0347 e. The summed E-state index contributed by atoms with van der Waals surface area (Å²) in [6, 6.07) is 4.23. The summed E-state index contributed by atoms with van der Waals surface area (Å²) < 4.78 is 0. The third kappa shape index (κ3) is 3.47. The molecule has 2 aromatic heterocycles. The molecule has 0 amide bonds. The molecule has 0 atom stereocenters. The third-order valence-electron chi connectivity index (χ3n) is 2.08. The van der Waals surface area contributed by atoms with Crippen LogP contribution in [0.3, 0.4) is 0 Å². The van der Waals surface area contributed by atoms with Crippen LogP contribution in [0.5, 0.6) is 0 Å². The molecule has 0 aromatic carbocycles. The van der Waals surface area contributed by atoms with Crippen molar-refractivity contribution in [1.29, 1.82) is 0 Å². The second kappa shape index (κ2) is 6.46. The maximum atomic E-state index is 4.16. The lowest BCUT2D eigenvalue weighted by atomic mass is 10.1. The van der Waals surface area contributed by atoms with Crippen molar-refractivity contribution >= 4 is 24.8 Å². The van der Waals surface area contributed by atoms with Crippen LogP contribution >= 0.6 is 24.8 Å². The van der Waals surface area contributed by atoms with Crippen LogP contribution in [-0.4, -0.2) is 9.97 Å². The first-order valence-corrected chi connectivity index (χ1v) is 4.59. The highest BCUT2D eigenvalue weighted by Gasteiger charge is 1.98. The summed E-state index contributed by atoms with van der Waals surface area (Å²) in [4.78, 5) is 8.32. The lowest BCUT2D eigenvalue weighted by Gasteiger charge is -2.02. The van der Waals surface area contributed by atoms with Crippen molar-refractivity contribution in [2.75, 3.05) is 0 Å². The van der Waals surface area contributed by atoms with E-state index in [0.29, 0.717) is 0 Å². The van der Waals surface area contributed by atoms with Crippen LogP contribution in [0.4, 0.5) is 0 Å². The summed E-state index contributed by atoms with van der Waals surface area (Å²) in [5, 5.41) is 0. The molecule has 4 heteroatoms. The first-order valence-electron chi connectivity index (χ1n) is 4.59. The van der Waals surface area contributed by atoms with Crippen LogP contribution < -0.4 is 0 Å². The van der Waals surface area contributed by atoms with Crippen molar-refractivity contribution < 1.29 is 0 Å². The van der Waals surface area contributed by atoms with Gasteiger partial charge in [0.1, 0.15) is 0 Å². The molecule has 0 unspecified atom stereocenters. The molecule has 0 N–H and O–H groups in total. The monoisotopic (exact) mass is 256 g/mol. The van der Waals surface area contributed by atoms with E-state index in [1.54, 1.807) is 0 Å². The second-order valence-electron chi connectivity index (χ2n) is 3.50. The van der Waals surface area contributed by atoms with Crippen molar-refractivity contribution in [2.45, 2.75) is 13.8 Å². The Morgan fingerprint density at radius 1 is 0.688 bits per heavy atom. The van der Waals surface area contributed by atoms with E-state index >= 15 is 0 Å². The second-order valence-corrected chi connectivity index (χ2v) is 3.50. The summed E-state index contributed by atoms with van der Waals surface area (Å²) in [5.74, 6) is 0. The summed E-state index contributed by atoms with van der Waals surface area (Å²) in [7, 11) is 0. The molecule has 0 aliphatic rings. The van der Waals surface area contributed by atoms with Crippen LogP contribution in [0.1, 0.15) is 11.1 Å². The molecule has 0 saturated carbocycles. The van der Waals surface area contributed by atoms with E-state index in [4.69, 9.17) is 0 Å². The van der Waals surface area contributed by atoms with Crippen molar-refractivity contribution in [3.05, 3.63) is 48.0 Å². The van der Waals surface area contributed by atoms with Crippen LogP contribution in [-0.2, 0) is 0 Å². The molecule has 16 heavy (non-hydrogen) atoms. The van der Waals surface area contributed by atoms with E-state index < -0.39 is 0 Å². The summed E-state index contributed by atoms with van der Waals surface area (Å²) in [6.07, 6.45) is 7.44. The fourth-order valence-corrected chi connectivity index (χ4v) is 1.43.